The summed E-state index contributed by atoms with van der Waals surface area (Å²) < 4.78 is 18.5. The van der Waals surface area contributed by atoms with Gasteiger partial charge in [0.1, 0.15) is 0 Å². The molecule has 0 spiro atoms. The lowest BCUT2D eigenvalue weighted by Crippen LogP contribution is -2.03. The molecule has 0 fully saturated rings. The van der Waals surface area contributed by atoms with E-state index in [1.807, 2.05) is 18.2 Å². The average molecular weight is 386 g/mol. The average Bonchev–Trinajstić information content (AvgIpc) is 3.30. The predicted octanol–water partition coefficient (Wildman–Crippen LogP) is 4.52. The van der Waals surface area contributed by atoms with Crippen molar-refractivity contribution in [3.05, 3.63) is 46.9 Å². The van der Waals surface area contributed by atoms with E-state index < -0.39 is 0 Å². The molecule has 0 saturated carbocycles. The van der Waals surface area contributed by atoms with Gasteiger partial charge in [-0.25, -0.2) is 5.10 Å². The number of benzene rings is 1. The molecule has 0 aliphatic carbocycles. The Morgan fingerprint density at radius 2 is 2.19 bits per heavy atom. The molecule has 2 heterocycles. The zero-order chi connectivity index (χ0) is 19.2. The summed E-state index contributed by atoms with van der Waals surface area (Å²) in [4.78, 5) is 0. The van der Waals surface area contributed by atoms with Crippen molar-refractivity contribution < 1.29 is 13.9 Å². The Morgan fingerprint density at radius 3 is 2.89 bits per heavy atom. The first kappa shape index (κ1) is 18.9. The van der Waals surface area contributed by atoms with E-state index in [9.17, 15) is 0 Å². The zero-order valence-electron chi connectivity index (χ0n) is 15.5. The molecule has 7 nitrogen and oxygen atoms in total. The van der Waals surface area contributed by atoms with Gasteiger partial charge in [0.15, 0.2) is 17.3 Å². The van der Waals surface area contributed by atoms with Crippen LogP contribution < -0.4 is 9.47 Å². The summed E-state index contributed by atoms with van der Waals surface area (Å²) >= 11 is 5.25. The van der Waals surface area contributed by atoms with Gasteiger partial charge in [-0.3, -0.25) is 0 Å². The van der Waals surface area contributed by atoms with Crippen molar-refractivity contribution in [1.82, 2.24) is 14.9 Å². The number of aromatic amines is 1. The first-order valence-electron chi connectivity index (χ1n) is 8.65. The fourth-order valence-electron chi connectivity index (χ4n) is 2.38. The number of ether oxygens (including phenoxy) is 2. The Bertz CT molecular complexity index is 958. The van der Waals surface area contributed by atoms with Crippen molar-refractivity contribution in [2.75, 3.05) is 13.7 Å². The molecule has 2 aromatic heterocycles. The SMILES string of the molecule is COc1cc(/C=N\n2c(-c3ccco3)n[nH]c2=S)ccc1OCCC(C)C. The quantitative estimate of drug-likeness (QED) is 0.455. The molecular formula is C19H22N4O3S. The van der Waals surface area contributed by atoms with Gasteiger partial charge in [0.2, 0.25) is 10.6 Å². The molecule has 3 rings (SSSR count). The molecule has 8 heteroatoms. The van der Waals surface area contributed by atoms with Gasteiger partial charge in [0.05, 0.1) is 26.2 Å². The molecule has 0 aliphatic heterocycles. The van der Waals surface area contributed by atoms with Gasteiger partial charge in [-0.2, -0.15) is 9.78 Å². The molecule has 0 radical (unpaired) electrons. The molecule has 3 aromatic rings. The molecule has 1 N–H and O–H groups in total. The highest BCUT2D eigenvalue weighted by Crippen LogP contribution is 2.28. The van der Waals surface area contributed by atoms with Crippen LogP contribution in [0.3, 0.4) is 0 Å². The first-order chi connectivity index (χ1) is 13.1. The number of rotatable bonds is 8. The van der Waals surface area contributed by atoms with Crippen LogP contribution in [0.25, 0.3) is 11.6 Å². The lowest BCUT2D eigenvalue weighted by atomic mass is 10.1. The summed E-state index contributed by atoms with van der Waals surface area (Å²) in [6, 6.07) is 9.23. The number of H-pyrrole nitrogens is 1. The maximum Gasteiger partial charge on any atom is 0.219 e. The van der Waals surface area contributed by atoms with Crippen LogP contribution in [0.5, 0.6) is 11.5 Å². The second kappa shape index (κ2) is 8.68. The number of nitrogens with one attached hydrogen (secondary N) is 1. The van der Waals surface area contributed by atoms with Crippen molar-refractivity contribution in [1.29, 1.82) is 0 Å². The van der Waals surface area contributed by atoms with Crippen molar-refractivity contribution in [3.8, 4) is 23.1 Å². The summed E-state index contributed by atoms with van der Waals surface area (Å²) in [6.45, 7) is 4.98. The maximum absolute atomic E-state index is 5.81. The van der Waals surface area contributed by atoms with Gasteiger partial charge < -0.3 is 13.9 Å². The number of hydrogen-bond donors (Lipinski definition) is 1. The maximum atomic E-state index is 5.81. The van der Waals surface area contributed by atoms with E-state index >= 15 is 0 Å². The number of methoxy groups -OCH3 is 1. The molecule has 1 aromatic carbocycles. The van der Waals surface area contributed by atoms with E-state index in [1.165, 1.54) is 4.68 Å². The summed E-state index contributed by atoms with van der Waals surface area (Å²) in [5.74, 6) is 3.04. The lowest BCUT2D eigenvalue weighted by molar-refractivity contribution is 0.273. The topological polar surface area (TPSA) is 77.6 Å². The minimum Gasteiger partial charge on any atom is -0.493 e. The van der Waals surface area contributed by atoms with Gasteiger partial charge in [-0.05, 0) is 60.5 Å². The Labute approximate surface area is 162 Å². The van der Waals surface area contributed by atoms with Crippen LogP contribution in [0, 0.1) is 10.7 Å². The molecule has 0 unspecified atom stereocenters. The monoisotopic (exact) mass is 386 g/mol. The molecular weight excluding hydrogens is 364 g/mol. The van der Waals surface area contributed by atoms with E-state index in [4.69, 9.17) is 26.1 Å². The number of hydrogen-bond acceptors (Lipinski definition) is 6. The van der Waals surface area contributed by atoms with E-state index in [0.29, 0.717) is 40.4 Å². The second-order valence-corrected chi connectivity index (χ2v) is 6.71. The second-order valence-electron chi connectivity index (χ2n) is 6.33. The van der Waals surface area contributed by atoms with Gasteiger partial charge in [0.25, 0.3) is 0 Å². The minimum atomic E-state index is 0.373. The fraction of sp³-hybridized carbons (Fsp3) is 0.316. The van der Waals surface area contributed by atoms with Crippen molar-refractivity contribution >= 4 is 18.4 Å². The van der Waals surface area contributed by atoms with Crippen LogP contribution in [0.4, 0.5) is 0 Å². The Hall–Kier alpha value is -2.87. The third-order valence-corrected chi connectivity index (χ3v) is 4.12. The van der Waals surface area contributed by atoms with Crippen molar-refractivity contribution in [2.24, 2.45) is 11.0 Å². The van der Waals surface area contributed by atoms with Crippen LogP contribution in [0.15, 0.2) is 46.1 Å². The summed E-state index contributed by atoms with van der Waals surface area (Å²) in [6.07, 6.45) is 4.24. The largest absolute Gasteiger partial charge is 0.493 e. The number of aromatic nitrogens is 3. The highest BCUT2D eigenvalue weighted by molar-refractivity contribution is 7.71. The van der Waals surface area contributed by atoms with Crippen LogP contribution in [-0.2, 0) is 0 Å². The van der Waals surface area contributed by atoms with Crippen LogP contribution >= 0.6 is 12.2 Å². The van der Waals surface area contributed by atoms with E-state index in [2.05, 4.69) is 29.1 Å². The van der Waals surface area contributed by atoms with Crippen LogP contribution in [0.1, 0.15) is 25.8 Å². The highest BCUT2D eigenvalue weighted by atomic mass is 32.1. The van der Waals surface area contributed by atoms with Crippen molar-refractivity contribution in [3.63, 3.8) is 0 Å². The standard InChI is InChI=1S/C19H22N4O3S/c1-13(2)8-10-26-15-7-6-14(11-17(15)24-3)12-20-23-18(21-22-19(23)27)16-5-4-9-25-16/h4-7,9,11-13H,8,10H2,1-3H3,(H,22,27)/b20-12-. The number of nitrogens with zero attached hydrogens (tertiary/aromatic N) is 3. The van der Waals surface area contributed by atoms with Crippen LogP contribution in [0.2, 0.25) is 0 Å². The molecule has 0 atom stereocenters. The smallest absolute Gasteiger partial charge is 0.219 e. The first-order valence-corrected chi connectivity index (χ1v) is 9.05. The lowest BCUT2D eigenvalue weighted by Gasteiger charge is -2.12. The number of furan rings is 1. The molecule has 0 amide bonds. The molecule has 27 heavy (non-hydrogen) atoms. The summed E-state index contributed by atoms with van der Waals surface area (Å²) in [5.41, 5.74) is 0.844. The molecule has 0 saturated heterocycles. The Kier molecular flexibility index (Phi) is 6.08. The van der Waals surface area contributed by atoms with E-state index in [1.54, 1.807) is 31.7 Å². The van der Waals surface area contributed by atoms with Crippen molar-refractivity contribution in [2.45, 2.75) is 20.3 Å². The Balaban J connectivity index is 1.80. The van der Waals surface area contributed by atoms with Gasteiger partial charge in [0, 0.05) is 0 Å². The van der Waals surface area contributed by atoms with Gasteiger partial charge in [-0.1, -0.05) is 13.8 Å². The Morgan fingerprint density at radius 1 is 1.33 bits per heavy atom. The third-order valence-electron chi connectivity index (χ3n) is 3.85. The summed E-state index contributed by atoms with van der Waals surface area (Å²) in [7, 11) is 1.62. The third kappa shape index (κ3) is 4.65. The van der Waals surface area contributed by atoms with Gasteiger partial charge in [-0.15, -0.1) is 5.10 Å². The van der Waals surface area contributed by atoms with E-state index in [-0.39, 0.29) is 0 Å². The molecule has 0 aliphatic rings. The highest BCUT2D eigenvalue weighted by Gasteiger charge is 2.11. The van der Waals surface area contributed by atoms with Gasteiger partial charge >= 0.3 is 0 Å². The van der Waals surface area contributed by atoms with E-state index in [0.717, 1.165) is 12.0 Å². The minimum absolute atomic E-state index is 0.373. The summed E-state index contributed by atoms with van der Waals surface area (Å²) in [5, 5.41) is 11.3. The van der Waals surface area contributed by atoms with Crippen LogP contribution in [-0.4, -0.2) is 34.8 Å². The normalized spacial score (nSPS) is 11.4. The predicted molar refractivity (Wildman–Crippen MR) is 106 cm³/mol. The molecule has 142 valence electrons. The fourth-order valence-corrected chi connectivity index (χ4v) is 2.56. The molecule has 0 bridgehead atoms. The zero-order valence-corrected chi connectivity index (χ0v) is 16.3.